The first kappa shape index (κ1) is 14.3. The van der Waals surface area contributed by atoms with Crippen molar-refractivity contribution in [3.63, 3.8) is 0 Å². The molecule has 0 atom stereocenters. The second kappa shape index (κ2) is 6.86. The molecule has 3 N–H and O–H groups in total. The lowest BCUT2D eigenvalue weighted by molar-refractivity contribution is 0.415. The second-order valence-corrected chi connectivity index (χ2v) is 3.87. The van der Waals surface area contributed by atoms with Crippen LogP contribution in [0.3, 0.4) is 0 Å². The van der Waals surface area contributed by atoms with E-state index in [2.05, 4.69) is 4.98 Å². The molecule has 1 aromatic carbocycles. The average Bonchev–Trinajstić information content (AvgIpc) is 2.67. The Balaban J connectivity index is 0.000000492. The number of hydrogen-bond donors (Lipinski definition) is 2. The van der Waals surface area contributed by atoms with E-state index in [1.165, 1.54) is 0 Å². The molecule has 2 rings (SSSR count). The molecule has 2 aromatic rings. The molecule has 18 heavy (non-hydrogen) atoms. The molecule has 0 spiro atoms. The van der Waals surface area contributed by atoms with Crippen LogP contribution in [0.1, 0.15) is 20.3 Å². The number of methoxy groups -OCH3 is 1. The molecule has 5 nitrogen and oxygen atoms in total. The van der Waals surface area contributed by atoms with Crippen LogP contribution >= 0.6 is 0 Å². The Bertz CT molecular complexity index is 543. The lowest BCUT2D eigenvalue weighted by atomic mass is 10.3. The van der Waals surface area contributed by atoms with Gasteiger partial charge in [-0.2, -0.15) is 0 Å². The molecule has 0 amide bonds. The minimum Gasteiger partial charge on any atom is -0.497 e. The summed E-state index contributed by atoms with van der Waals surface area (Å²) in [5.41, 5.74) is 6.55. The van der Waals surface area contributed by atoms with Crippen LogP contribution < -0.4 is 16.2 Å². The number of benzene rings is 1. The van der Waals surface area contributed by atoms with Gasteiger partial charge in [-0.3, -0.25) is 4.57 Å². The number of nitrogens with two attached hydrogens (primary N) is 1. The number of nitrogens with zero attached hydrogens (tertiary/aromatic N) is 1. The first-order valence-corrected chi connectivity index (χ1v) is 6.14. The fraction of sp³-hybridized carbons (Fsp3) is 0.462. The number of aryl methyl sites for hydroxylation is 1. The van der Waals surface area contributed by atoms with Gasteiger partial charge in [0.2, 0.25) is 0 Å². The summed E-state index contributed by atoms with van der Waals surface area (Å²) in [5.74, 6) is 0.770. The third-order valence-electron chi connectivity index (χ3n) is 2.43. The van der Waals surface area contributed by atoms with E-state index in [1.54, 1.807) is 11.7 Å². The highest BCUT2D eigenvalue weighted by Gasteiger charge is 2.06. The van der Waals surface area contributed by atoms with Crippen molar-refractivity contribution in [2.24, 2.45) is 5.73 Å². The molecule has 1 heterocycles. The lowest BCUT2D eigenvalue weighted by Gasteiger charge is -2.02. The van der Waals surface area contributed by atoms with Crippen molar-refractivity contribution in [3.8, 4) is 5.75 Å². The van der Waals surface area contributed by atoms with Crippen LogP contribution in [0.15, 0.2) is 23.0 Å². The summed E-state index contributed by atoms with van der Waals surface area (Å²) in [6.07, 6.45) is 0.935. The van der Waals surface area contributed by atoms with Crippen LogP contribution in [-0.2, 0) is 6.54 Å². The molecule has 0 aliphatic rings. The molecular formula is C13H21N3O2. The molecule has 0 radical (unpaired) electrons. The number of imidazole rings is 1. The molecule has 0 saturated heterocycles. The maximum Gasteiger partial charge on any atom is 0.326 e. The Labute approximate surface area is 107 Å². The minimum atomic E-state index is -0.0555. The molecule has 0 aliphatic heterocycles. The summed E-state index contributed by atoms with van der Waals surface area (Å²) in [6, 6.07) is 5.58. The van der Waals surface area contributed by atoms with Crippen LogP contribution in [0.4, 0.5) is 0 Å². The topological polar surface area (TPSA) is 73.0 Å². The first-order chi connectivity index (χ1) is 8.67. The van der Waals surface area contributed by atoms with Gasteiger partial charge in [0, 0.05) is 12.6 Å². The summed E-state index contributed by atoms with van der Waals surface area (Å²) < 4.78 is 6.87. The van der Waals surface area contributed by atoms with Gasteiger partial charge in [-0.25, -0.2) is 4.79 Å². The highest BCUT2D eigenvalue weighted by atomic mass is 16.5. The Morgan fingerprint density at radius 3 is 2.61 bits per heavy atom. The zero-order valence-corrected chi connectivity index (χ0v) is 11.2. The van der Waals surface area contributed by atoms with Crippen molar-refractivity contribution in [1.29, 1.82) is 0 Å². The smallest absolute Gasteiger partial charge is 0.326 e. The molecule has 0 saturated carbocycles. The van der Waals surface area contributed by atoms with Crippen molar-refractivity contribution in [2.45, 2.75) is 26.8 Å². The molecule has 100 valence electrons. The first-order valence-electron chi connectivity index (χ1n) is 6.14. The standard InChI is InChI=1S/C11H14N2O2.C2H7N/c1-3-6-13-10-7-8(15-2)4-5-9(10)12-11(13)14;1-2-3/h4-5,7H,3,6H2,1-2H3,(H,12,14);2-3H2,1H3. The Morgan fingerprint density at radius 1 is 1.39 bits per heavy atom. The van der Waals surface area contributed by atoms with E-state index in [-0.39, 0.29) is 5.69 Å². The van der Waals surface area contributed by atoms with Gasteiger partial charge in [0.15, 0.2) is 0 Å². The largest absolute Gasteiger partial charge is 0.497 e. The van der Waals surface area contributed by atoms with Crippen LogP contribution in [0, 0.1) is 0 Å². The number of rotatable bonds is 3. The molecular weight excluding hydrogens is 230 g/mol. The molecule has 0 unspecified atom stereocenters. The molecule has 0 aliphatic carbocycles. The zero-order chi connectivity index (χ0) is 13.5. The number of ether oxygens (including phenoxy) is 1. The monoisotopic (exact) mass is 251 g/mol. The van der Waals surface area contributed by atoms with E-state index in [0.717, 1.165) is 36.3 Å². The average molecular weight is 251 g/mol. The number of aromatic amines is 1. The normalized spacial score (nSPS) is 10.0. The quantitative estimate of drug-likeness (QED) is 0.872. The van der Waals surface area contributed by atoms with Crippen molar-refractivity contribution in [3.05, 3.63) is 28.7 Å². The van der Waals surface area contributed by atoms with E-state index in [1.807, 2.05) is 32.0 Å². The van der Waals surface area contributed by atoms with Crippen LogP contribution in [0.25, 0.3) is 11.0 Å². The lowest BCUT2D eigenvalue weighted by Crippen LogP contribution is -2.16. The third kappa shape index (κ3) is 3.13. The van der Waals surface area contributed by atoms with Gasteiger partial charge in [-0.15, -0.1) is 0 Å². The summed E-state index contributed by atoms with van der Waals surface area (Å²) in [7, 11) is 1.62. The van der Waals surface area contributed by atoms with Crippen molar-refractivity contribution in [1.82, 2.24) is 9.55 Å². The van der Waals surface area contributed by atoms with E-state index in [4.69, 9.17) is 10.5 Å². The van der Waals surface area contributed by atoms with Crippen molar-refractivity contribution >= 4 is 11.0 Å². The van der Waals surface area contributed by atoms with Crippen molar-refractivity contribution < 1.29 is 4.74 Å². The van der Waals surface area contributed by atoms with Gasteiger partial charge in [0.1, 0.15) is 5.75 Å². The Kier molecular flexibility index (Phi) is 5.45. The van der Waals surface area contributed by atoms with Gasteiger partial charge in [-0.05, 0) is 25.1 Å². The fourth-order valence-corrected chi connectivity index (χ4v) is 1.71. The number of H-pyrrole nitrogens is 1. The molecule has 0 fully saturated rings. The van der Waals surface area contributed by atoms with Gasteiger partial charge >= 0.3 is 5.69 Å². The van der Waals surface area contributed by atoms with E-state index < -0.39 is 0 Å². The third-order valence-corrected chi connectivity index (χ3v) is 2.43. The molecule has 1 aromatic heterocycles. The van der Waals surface area contributed by atoms with Gasteiger partial charge < -0.3 is 15.5 Å². The Hall–Kier alpha value is -1.75. The number of aromatic nitrogens is 2. The van der Waals surface area contributed by atoms with Crippen molar-refractivity contribution in [2.75, 3.05) is 13.7 Å². The summed E-state index contributed by atoms with van der Waals surface area (Å²) in [6.45, 7) is 5.43. The maximum atomic E-state index is 11.6. The minimum absolute atomic E-state index is 0.0555. The molecule has 0 bridgehead atoms. The predicted molar refractivity (Wildman–Crippen MR) is 74.1 cm³/mol. The maximum absolute atomic E-state index is 11.6. The second-order valence-electron chi connectivity index (χ2n) is 3.87. The van der Waals surface area contributed by atoms with Gasteiger partial charge in [0.05, 0.1) is 18.1 Å². The summed E-state index contributed by atoms with van der Waals surface area (Å²) in [5, 5.41) is 0. The highest BCUT2D eigenvalue weighted by Crippen LogP contribution is 2.18. The predicted octanol–water partition coefficient (Wildman–Crippen LogP) is 1.71. The number of fused-ring (bicyclic) bond motifs is 1. The van der Waals surface area contributed by atoms with E-state index in [9.17, 15) is 4.79 Å². The van der Waals surface area contributed by atoms with E-state index >= 15 is 0 Å². The molecule has 5 heteroatoms. The Morgan fingerprint density at radius 2 is 2.06 bits per heavy atom. The number of hydrogen-bond acceptors (Lipinski definition) is 3. The van der Waals surface area contributed by atoms with Gasteiger partial charge in [0.25, 0.3) is 0 Å². The highest BCUT2D eigenvalue weighted by molar-refractivity contribution is 5.76. The van der Waals surface area contributed by atoms with Crippen LogP contribution in [-0.4, -0.2) is 23.2 Å². The van der Waals surface area contributed by atoms with E-state index in [0.29, 0.717) is 0 Å². The van der Waals surface area contributed by atoms with Gasteiger partial charge in [-0.1, -0.05) is 13.8 Å². The summed E-state index contributed by atoms with van der Waals surface area (Å²) >= 11 is 0. The summed E-state index contributed by atoms with van der Waals surface area (Å²) in [4.78, 5) is 14.4. The SMILES string of the molecule is CCCn1c(=O)[nH]c2ccc(OC)cc21.CCN. The number of nitrogens with one attached hydrogen (secondary N) is 1. The van der Waals surface area contributed by atoms with Crippen LogP contribution in [0.2, 0.25) is 0 Å². The fourth-order valence-electron chi connectivity index (χ4n) is 1.71. The zero-order valence-electron chi connectivity index (χ0n) is 11.2. The van der Waals surface area contributed by atoms with Crippen LogP contribution in [0.5, 0.6) is 5.75 Å².